The van der Waals surface area contributed by atoms with Crippen molar-refractivity contribution in [1.29, 1.82) is 0 Å². The molecule has 28 heavy (non-hydrogen) atoms. The SMILES string of the molecule is Cc1ccc(S(=O)(=O)[O-])cc1.O=C(C#C[I+]c1ccccc1)c1ccccc1. The van der Waals surface area contributed by atoms with Crippen LogP contribution < -0.4 is 21.2 Å². The molecule has 3 rings (SSSR count). The van der Waals surface area contributed by atoms with Gasteiger partial charge in [-0.25, -0.2) is 8.42 Å². The van der Waals surface area contributed by atoms with Gasteiger partial charge in [0.1, 0.15) is 10.1 Å². The lowest BCUT2D eigenvalue weighted by atomic mass is 10.1. The summed E-state index contributed by atoms with van der Waals surface area (Å²) in [5, 5.41) is 0. The third-order valence-corrected chi connectivity index (χ3v) is 6.13. The lowest BCUT2D eigenvalue weighted by Crippen LogP contribution is -3.59. The third-order valence-electron chi connectivity index (χ3n) is 3.40. The summed E-state index contributed by atoms with van der Waals surface area (Å²) in [6, 6.07) is 25.0. The van der Waals surface area contributed by atoms with Crippen molar-refractivity contribution in [3.05, 3.63) is 99.6 Å². The van der Waals surface area contributed by atoms with Gasteiger partial charge >= 0.3 is 21.2 Å². The number of halogens is 1. The summed E-state index contributed by atoms with van der Waals surface area (Å²) in [7, 11) is -4.27. The predicted molar refractivity (Wildman–Crippen MR) is 103 cm³/mol. The Hall–Kier alpha value is -2.47. The molecule has 0 heterocycles. The normalized spacial score (nSPS) is 10.1. The van der Waals surface area contributed by atoms with Crippen LogP contribution in [0.5, 0.6) is 0 Å². The number of carbonyl (C=O) groups is 1. The Morgan fingerprint density at radius 2 is 1.39 bits per heavy atom. The fraction of sp³-hybridized carbons (Fsp3) is 0.0455. The maximum Gasteiger partial charge on any atom is 0.420 e. The van der Waals surface area contributed by atoms with E-state index in [1.807, 2.05) is 43.3 Å². The molecule has 0 aliphatic heterocycles. The summed E-state index contributed by atoms with van der Waals surface area (Å²) in [6.07, 6.45) is 0. The molecule has 0 spiro atoms. The van der Waals surface area contributed by atoms with E-state index < -0.39 is 10.1 Å². The highest BCUT2D eigenvalue weighted by atomic mass is 127. The van der Waals surface area contributed by atoms with Crippen molar-refractivity contribution < 1.29 is 39.0 Å². The quantitative estimate of drug-likeness (QED) is 0.228. The van der Waals surface area contributed by atoms with Gasteiger partial charge in [0.25, 0.3) is 0 Å². The topological polar surface area (TPSA) is 74.3 Å². The van der Waals surface area contributed by atoms with Gasteiger partial charge in [-0.2, -0.15) is 0 Å². The van der Waals surface area contributed by atoms with Gasteiger partial charge in [-0.1, -0.05) is 66.2 Å². The molecule has 0 atom stereocenters. The molecule has 0 saturated carbocycles. The molecule has 0 unspecified atom stereocenters. The van der Waals surface area contributed by atoms with Gasteiger partial charge in [0.2, 0.25) is 9.35 Å². The Kier molecular flexibility index (Phi) is 8.39. The average molecular weight is 504 g/mol. The highest BCUT2D eigenvalue weighted by Crippen LogP contribution is 2.08. The minimum absolute atomic E-state index is 0.0961. The molecule has 0 aliphatic carbocycles. The van der Waals surface area contributed by atoms with Crippen LogP contribution in [0.4, 0.5) is 0 Å². The summed E-state index contributed by atoms with van der Waals surface area (Å²) in [5.74, 6) is 2.61. The van der Waals surface area contributed by atoms with Crippen molar-refractivity contribution in [1.82, 2.24) is 0 Å². The van der Waals surface area contributed by atoms with Crippen molar-refractivity contribution >= 4 is 15.9 Å². The summed E-state index contributed by atoms with van der Waals surface area (Å²) in [6.45, 7) is 1.82. The van der Waals surface area contributed by atoms with Crippen LogP contribution in [-0.4, -0.2) is 18.8 Å². The van der Waals surface area contributed by atoms with Crippen LogP contribution in [0.15, 0.2) is 89.8 Å². The van der Waals surface area contributed by atoms with E-state index in [0.717, 1.165) is 5.56 Å². The molecule has 3 aromatic carbocycles. The predicted octanol–water partition coefficient (Wildman–Crippen LogP) is 0.688. The Bertz CT molecular complexity index is 1070. The smallest absolute Gasteiger partial charge is 0.420 e. The monoisotopic (exact) mass is 504 g/mol. The highest BCUT2D eigenvalue weighted by Gasteiger charge is 2.08. The second kappa shape index (κ2) is 10.8. The number of ketones is 1. The van der Waals surface area contributed by atoms with Crippen molar-refractivity contribution in [2.45, 2.75) is 11.8 Å². The molecule has 0 saturated heterocycles. The van der Waals surface area contributed by atoms with Crippen molar-refractivity contribution in [3.63, 3.8) is 0 Å². The summed E-state index contributed by atoms with van der Waals surface area (Å²) in [4.78, 5) is 11.5. The Morgan fingerprint density at radius 3 is 1.93 bits per heavy atom. The lowest BCUT2D eigenvalue weighted by molar-refractivity contribution is -0.535. The number of hydrogen-bond acceptors (Lipinski definition) is 4. The van der Waals surface area contributed by atoms with E-state index in [1.165, 1.54) is 15.7 Å². The number of Topliss-reactive ketones (excluding diaryl/α,β-unsaturated/α-hetero) is 1. The van der Waals surface area contributed by atoms with E-state index in [0.29, 0.717) is 5.56 Å². The molecule has 0 amide bonds. The van der Waals surface area contributed by atoms with Crippen LogP contribution in [0.25, 0.3) is 0 Å². The molecule has 6 heteroatoms. The summed E-state index contributed by atoms with van der Waals surface area (Å²) < 4.78 is 35.4. The second-order valence-corrected chi connectivity index (χ2v) is 9.28. The van der Waals surface area contributed by atoms with Gasteiger partial charge in [-0.15, -0.1) is 0 Å². The zero-order valence-corrected chi connectivity index (χ0v) is 18.0. The molecule has 3 aromatic rings. The van der Waals surface area contributed by atoms with E-state index in [1.54, 1.807) is 24.3 Å². The Morgan fingerprint density at radius 1 is 0.857 bits per heavy atom. The third kappa shape index (κ3) is 7.64. The molecule has 4 nitrogen and oxygen atoms in total. The zero-order chi connectivity index (χ0) is 20.4. The molecular weight excluding hydrogens is 487 g/mol. The fourth-order valence-corrected chi connectivity index (χ4v) is 3.90. The number of hydrogen-bond donors (Lipinski definition) is 0. The second-order valence-electron chi connectivity index (χ2n) is 5.57. The molecular formula is C22H17IO4S. The van der Waals surface area contributed by atoms with Crippen molar-refractivity contribution in [3.8, 4) is 9.85 Å². The van der Waals surface area contributed by atoms with E-state index in [-0.39, 0.29) is 31.9 Å². The first kappa shape index (κ1) is 21.8. The first-order chi connectivity index (χ1) is 13.4. The molecule has 0 bridgehead atoms. The van der Waals surface area contributed by atoms with E-state index in [9.17, 15) is 17.8 Å². The van der Waals surface area contributed by atoms with E-state index >= 15 is 0 Å². The van der Waals surface area contributed by atoms with E-state index in [2.05, 4.69) is 22.0 Å². The number of carbonyl (C=O) groups excluding carboxylic acids is 1. The van der Waals surface area contributed by atoms with Gasteiger partial charge in [-0.05, 0) is 31.2 Å². The van der Waals surface area contributed by atoms with E-state index in [4.69, 9.17) is 0 Å². The molecule has 0 aromatic heterocycles. The highest BCUT2D eigenvalue weighted by molar-refractivity contribution is 7.85. The van der Waals surface area contributed by atoms with Crippen LogP contribution >= 0.6 is 0 Å². The van der Waals surface area contributed by atoms with Crippen molar-refractivity contribution in [2.24, 2.45) is 0 Å². The van der Waals surface area contributed by atoms with Gasteiger partial charge in [-0.3, -0.25) is 4.79 Å². The van der Waals surface area contributed by atoms with Crippen LogP contribution in [-0.2, 0) is 10.1 Å². The lowest BCUT2D eigenvalue weighted by Gasteiger charge is -2.05. The summed E-state index contributed by atoms with van der Waals surface area (Å²) in [5.41, 5.74) is 1.59. The zero-order valence-electron chi connectivity index (χ0n) is 15.0. The van der Waals surface area contributed by atoms with Crippen molar-refractivity contribution in [2.75, 3.05) is 0 Å². The molecule has 0 aliphatic rings. The molecule has 142 valence electrons. The van der Waals surface area contributed by atoms with Crippen LogP contribution in [0.1, 0.15) is 15.9 Å². The maximum absolute atomic E-state index is 11.7. The average Bonchev–Trinajstić information content (AvgIpc) is 2.69. The Balaban J connectivity index is 0.000000221. The van der Waals surface area contributed by atoms with Crippen LogP contribution in [0.3, 0.4) is 0 Å². The first-order valence-electron chi connectivity index (χ1n) is 8.18. The minimum Gasteiger partial charge on any atom is -0.744 e. The van der Waals surface area contributed by atoms with Crippen LogP contribution in [0.2, 0.25) is 0 Å². The number of benzene rings is 3. The first-order valence-corrected chi connectivity index (χ1v) is 11.7. The fourth-order valence-electron chi connectivity index (χ4n) is 1.97. The number of aryl methyl sites for hydroxylation is 1. The number of rotatable bonds is 3. The van der Waals surface area contributed by atoms with Gasteiger partial charge in [0.15, 0.2) is 3.93 Å². The Labute approximate surface area is 175 Å². The maximum atomic E-state index is 11.7. The molecule has 0 N–H and O–H groups in total. The van der Waals surface area contributed by atoms with Gasteiger partial charge in [0.05, 0.1) is 4.90 Å². The van der Waals surface area contributed by atoms with Gasteiger partial charge in [0, 0.05) is 11.5 Å². The largest absolute Gasteiger partial charge is 0.744 e. The molecule has 0 radical (unpaired) electrons. The molecule has 0 fully saturated rings. The van der Waals surface area contributed by atoms with Crippen LogP contribution in [0, 0.1) is 20.3 Å². The minimum atomic E-state index is -4.27. The summed E-state index contributed by atoms with van der Waals surface area (Å²) >= 11 is -0.381. The standard InChI is InChI=1S/C15H10IO.C7H8O3S/c17-15(13-7-3-1-4-8-13)11-12-16-14-9-5-2-6-10-14;1-6-2-4-7(5-3-6)11(8,9)10/h1-10H;2-5H,1H3,(H,8,9,10)/q+1;/p-1. The van der Waals surface area contributed by atoms with Gasteiger partial charge < -0.3 is 4.55 Å².